The highest BCUT2D eigenvalue weighted by Gasteiger charge is 2.26. The minimum atomic E-state index is -0.377. The van der Waals surface area contributed by atoms with Gasteiger partial charge in [0.25, 0.3) is 5.69 Å². The number of nitro groups is 1. The zero-order valence-corrected chi connectivity index (χ0v) is 11.7. The van der Waals surface area contributed by atoms with E-state index >= 15 is 0 Å². The van der Waals surface area contributed by atoms with Gasteiger partial charge in [-0.15, -0.1) is 0 Å². The number of aromatic nitrogens is 1. The molecule has 0 fully saturated rings. The fourth-order valence-corrected chi connectivity index (χ4v) is 2.18. The van der Waals surface area contributed by atoms with Crippen LogP contribution in [0.3, 0.4) is 0 Å². The van der Waals surface area contributed by atoms with Crippen LogP contribution in [0.5, 0.6) is 0 Å². The molecule has 1 aromatic heterocycles. The molecule has 17 heavy (non-hydrogen) atoms. The molecule has 0 spiro atoms. The molecule has 94 valence electrons. The molecule has 0 saturated heterocycles. The van der Waals surface area contributed by atoms with Crippen molar-refractivity contribution in [1.82, 2.24) is 10.3 Å². The van der Waals surface area contributed by atoms with Gasteiger partial charge in [0, 0.05) is 28.7 Å². The Kier molecular flexibility index (Phi) is 5.02. The Balaban J connectivity index is 3.23. The van der Waals surface area contributed by atoms with Crippen LogP contribution in [-0.4, -0.2) is 23.0 Å². The summed E-state index contributed by atoms with van der Waals surface area (Å²) in [7, 11) is 1.85. The van der Waals surface area contributed by atoms with E-state index in [0.29, 0.717) is 10.2 Å². The fourth-order valence-electron chi connectivity index (χ4n) is 1.86. The third kappa shape index (κ3) is 3.23. The van der Waals surface area contributed by atoms with Crippen molar-refractivity contribution < 1.29 is 4.92 Å². The molecule has 0 saturated carbocycles. The van der Waals surface area contributed by atoms with Crippen molar-refractivity contribution in [2.75, 3.05) is 7.05 Å². The molecule has 0 bridgehead atoms. The Labute approximate surface area is 109 Å². The smallest absolute Gasteiger partial charge is 0.292 e. The van der Waals surface area contributed by atoms with Crippen molar-refractivity contribution in [2.45, 2.75) is 32.2 Å². The molecule has 1 aromatic rings. The van der Waals surface area contributed by atoms with Crippen LogP contribution >= 0.6 is 15.9 Å². The number of pyridine rings is 1. The van der Waals surface area contributed by atoms with Gasteiger partial charge in [-0.1, -0.05) is 6.92 Å². The lowest BCUT2D eigenvalue weighted by atomic mass is 9.93. The number of nitrogens with one attached hydrogen (secondary N) is 1. The maximum absolute atomic E-state index is 11.0. The summed E-state index contributed by atoms with van der Waals surface area (Å²) in [6.07, 6.45) is 2.41. The van der Waals surface area contributed by atoms with Gasteiger partial charge < -0.3 is 5.32 Å². The van der Waals surface area contributed by atoms with Crippen LogP contribution in [0.2, 0.25) is 0 Å². The van der Waals surface area contributed by atoms with E-state index in [-0.39, 0.29) is 22.6 Å². The summed E-state index contributed by atoms with van der Waals surface area (Å²) in [5.41, 5.74) is 0.621. The minimum absolute atomic E-state index is 0.0356. The first-order chi connectivity index (χ1) is 8.01. The third-order valence-electron chi connectivity index (χ3n) is 2.91. The molecule has 0 aliphatic carbocycles. The Morgan fingerprint density at radius 3 is 2.76 bits per heavy atom. The van der Waals surface area contributed by atoms with Gasteiger partial charge in [-0.3, -0.25) is 15.1 Å². The molecule has 1 heterocycles. The van der Waals surface area contributed by atoms with Crippen molar-refractivity contribution in [3.05, 3.63) is 32.5 Å². The predicted molar refractivity (Wildman–Crippen MR) is 70.1 cm³/mol. The lowest BCUT2D eigenvalue weighted by molar-refractivity contribution is -0.386. The summed E-state index contributed by atoms with van der Waals surface area (Å²) < 4.78 is 0.625. The van der Waals surface area contributed by atoms with Gasteiger partial charge in [0.15, 0.2) is 0 Å². The average molecular weight is 302 g/mol. The molecule has 5 nitrogen and oxygen atoms in total. The number of hydrogen-bond acceptors (Lipinski definition) is 4. The van der Waals surface area contributed by atoms with Gasteiger partial charge in [-0.2, -0.15) is 0 Å². The molecule has 6 heteroatoms. The highest BCUT2D eigenvalue weighted by Crippen LogP contribution is 2.31. The second kappa shape index (κ2) is 6.07. The zero-order valence-electron chi connectivity index (χ0n) is 10.1. The van der Waals surface area contributed by atoms with Crippen LogP contribution < -0.4 is 5.32 Å². The maximum Gasteiger partial charge on any atom is 0.292 e. The van der Waals surface area contributed by atoms with Crippen molar-refractivity contribution >= 4 is 21.6 Å². The topological polar surface area (TPSA) is 68.1 Å². The van der Waals surface area contributed by atoms with Crippen molar-refractivity contribution in [3.63, 3.8) is 0 Å². The van der Waals surface area contributed by atoms with E-state index < -0.39 is 0 Å². The average Bonchev–Trinajstić information content (AvgIpc) is 2.31. The molecule has 2 unspecified atom stereocenters. The van der Waals surface area contributed by atoms with Crippen LogP contribution in [0.1, 0.15) is 31.9 Å². The predicted octanol–water partition coefficient (Wildman–Crippen LogP) is 2.85. The molecule has 1 N–H and O–H groups in total. The maximum atomic E-state index is 11.0. The highest BCUT2D eigenvalue weighted by atomic mass is 79.9. The van der Waals surface area contributed by atoms with Crippen LogP contribution in [0.15, 0.2) is 16.7 Å². The highest BCUT2D eigenvalue weighted by molar-refractivity contribution is 9.10. The van der Waals surface area contributed by atoms with Crippen LogP contribution in [0.25, 0.3) is 0 Å². The molecule has 0 aromatic carbocycles. The van der Waals surface area contributed by atoms with E-state index in [1.165, 1.54) is 6.07 Å². The quantitative estimate of drug-likeness (QED) is 0.671. The first-order valence-electron chi connectivity index (χ1n) is 5.48. The molecule has 2 atom stereocenters. The first kappa shape index (κ1) is 14.1. The normalized spacial score (nSPS) is 14.4. The molecular formula is C11H16BrN3O2. The first-order valence-corrected chi connectivity index (χ1v) is 6.27. The number of hydrogen-bond donors (Lipinski definition) is 1. The molecule has 0 radical (unpaired) electrons. The zero-order chi connectivity index (χ0) is 13.0. The number of nitrogens with zero attached hydrogens (tertiary/aromatic N) is 2. The van der Waals surface area contributed by atoms with Crippen molar-refractivity contribution in [1.29, 1.82) is 0 Å². The Hall–Kier alpha value is -1.01. The second-order valence-electron chi connectivity index (χ2n) is 3.91. The summed E-state index contributed by atoms with van der Waals surface area (Å²) in [5.74, 6) is 0.0356. The Bertz CT molecular complexity index is 412. The third-order valence-corrected chi connectivity index (χ3v) is 3.34. The number of halogens is 1. The number of likely N-dealkylation sites (N-methyl/N-ethyl adjacent to an activating group) is 1. The number of rotatable bonds is 5. The van der Waals surface area contributed by atoms with Crippen LogP contribution in [0, 0.1) is 10.1 Å². The molecule has 0 amide bonds. The monoisotopic (exact) mass is 301 g/mol. The van der Waals surface area contributed by atoms with Gasteiger partial charge in [0.1, 0.15) is 5.69 Å². The Morgan fingerprint density at radius 1 is 1.65 bits per heavy atom. The van der Waals surface area contributed by atoms with Gasteiger partial charge >= 0.3 is 0 Å². The van der Waals surface area contributed by atoms with Gasteiger partial charge in [0.05, 0.1) is 4.92 Å². The SMILES string of the molecule is CCC(c1ncc(Br)cc1[N+](=O)[O-])C(C)NC. The van der Waals surface area contributed by atoms with E-state index in [4.69, 9.17) is 0 Å². The van der Waals surface area contributed by atoms with E-state index in [1.54, 1.807) is 6.20 Å². The lowest BCUT2D eigenvalue weighted by Gasteiger charge is -2.21. The summed E-state index contributed by atoms with van der Waals surface area (Å²) in [6.45, 7) is 4.01. The minimum Gasteiger partial charge on any atom is -0.317 e. The van der Waals surface area contributed by atoms with Crippen LogP contribution in [0.4, 0.5) is 5.69 Å². The fraction of sp³-hybridized carbons (Fsp3) is 0.545. The summed E-state index contributed by atoms with van der Waals surface area (Å²) in [4.78, 5) is 14.9. The van der Waals surface area contributed by atoms with E-state index in [0.717, 1.165) is 6.42 Å². The summed E-state index contributed by atoms with van der Waals surface area (Å²) in [6, 6.07) is 1.65. The van der Waals surface area contributed by atoms with Crippen molar-refractivity contribution in [3.8, 4) is 0 Å². The largest absolute Gasteiger partial charge is 0.317 e. The molecule has 0 aliphatic heterocycles. The molecular weight excluding hydrogens is 286 g/mol. The van der Waals surface area contributed by atoms with E-state index in [1.807, 2.05) is 20.9 Å². The van der Waals surface area contributed by atoms with Gasteiger partial charge in [-0.05, 0) is 36.3 Å². The van der Waals surface area contributed by atoms with E-state index in [9.17, 15) is 10.1 Å². The van der Waals surface area contributed by atoms with Crippen LogP contribution in [-0.2, 0) is 0 Å². The summed E-state index contributed by atoms with van der Waals surface area (Å²) >= 11 is 3.21. The van der Waals surface area contributed by atoms with Gasteiger partial charge in [-0.25, -0.2) is 0 Å². The standard InChI is InChI=1S/C11H16BrN3O2/c1-4-9(7(2)13-3)11-10(15(16)17)5-8(12)6-14-11/h5-7,9,13H,4H2,1-3H3. The molecule has 1 rings (SSSR count). The van der Waals surface area contributed by atoms with E-state index in [2.05, 4.69) is 26.2 Å². The van der Waals surface area contributed by atoms with Crippen molar-refractivity contribution in [2.24, 2.45) is 0 Å². The van der Waals surface area contributed by atoms with Gasteiger partial charge in [0.2, 0.25) is 0 Å². The Morgan fingerprint density at radius 2 is 2.29 bits per heavy atom. The second-order valence-corrected chi connectivity index (χ2v) is 4.82. The molecule has 0 aliphatic rings. The summed E-state index contributed by atoms with van der Waals surface area (Å²) in [5, 5.41) is 14.2. The lowest BCUT2D eigenvalue weighted by Crippen LogP contribution is -2.29.